The maximum atomic E-state index is 12.1. The summed E-state index contributed by atoms with van der Waals surface area (Å²) < 4.78 is 0. The van der Waals surface area contributed by atoms with Gasteiger partial charge in [0.2, 0.25) is 5.91 Å². The average Bonchev–Trinajstić information content (AvgIpc) is 2.70. The normalized spacial score (nSPS) is 29.8. The van der Waals surface area contributed by atoms with E-state index >= 15 is 0 Å². The van der Waals surface area contributed by atoms with Gasteiger partial charge in [0, 0.05) is 13.1 Å². The van der Waals surface area contributed by atoms with Crippen LogP contribution in [-0.2, 0) is 4.79 Å². The Morgan fingerprint density at radius 1 is 1.18 bits per heavy atom. The summed E-state index contributed by atoms with van der Waals surface area (Å²) in [5, 5.41) is 0. The van der Waals surface area contributed by atoms with Crippen LogP contribution in [0, 0.1) is 17.8 Å². The minimum absolute atomic E-state index is 0. The van der Waals surface area contributed by atoms with Gasteiger partial charge in [-0.15, -0.1) is 12.4 Å². The van der Waals surface area contributed by atoms with Crippen LogP contribution in [0.3, 0.4) is 0 Å². The van der Waals surface area contributed by atoms with Gasteiger partial charge in [0.05, 0.1) is 6.04 Å². The molecule has 2 fully saturated rings. The van der Waals surface area contributed by atoms with Gasteiger partial charge in [-0.25, -0.2) is 0 Å². The molecule has 0 aromatic rings. The second-order valence-corrected chi connectivity index (χ2v) is 5.82. The molecule has 2 rings (SSSR count). The molecule has 17 heavy (non-hydrogen) atoms. The first-order chi connectivity index (χ1) is 7.59. The van der Waals surface area contributed by atoms with Crippen LogP contribution in [0.1, 0.15) is 39.5 Å². The monoisotopic (exact) mass is 260 g/mol. The minimum atomic E-state index is -0.305. The summed E-state index contributed by atoms with van der Waals surface area (Å²) in [6.07, 6.45) is 5.32. The maximum Gasteiger partial charge on any atom is 0.239 e. The van der Waals surface area contributed by atoms with Gasteiger partial charge in [-0.2, -0.15) is 0 Å². The Kier molecular flexibility index (Phi) is 5.26. The zero-order valence-corrected chi connectivity index (χ0v) is 11.7. The summed E-state index contributed by atoms with van der Waals surface area (Å²) in [4.78, 5) is 14.2. The highest BCUT2D eigenvalue weighted by atomic mass is 35.5. The van der Waals surface area contributed by atoms with E-state index in [2.05, 4.69) is 0 Å². The molecule has 3 unspecified atom stereocenters. The average molecular weight is 261 g/mol. The molecule has 0 aromatic heterocycles. The summed E-state index contributed by atoms with van der Waals surface area (Å²) in [5.41, 5.74) is 5.94. The third-order valence-corrected chi connectivity index (χ3v) is 4.29. The van der Waals surface area contributed by atoms with Gasteiger partial charge in [-0.3, -0.25) is 4.79 Å². The number of carbonyl (C=O) groups is 1. The van der Waals surface area contributed by atoms with Gasteiger partial charge >= 0.3 is 0 Å². The Bertz CT molecular complexity index is 256. The van der Waals surface area contributed by atoms with Gasteiger partial charge < -0.3 is 10.6 Å². The Morgan fingerprint density at radius 3 is 2.06 bits per heavy atom. The van der Waals surface area contributed by atoms with Gasteiger partial charge in [0.1, 0.15) is 0 Å². The van der Waals surface area contributed by atoms with Crippen molar-refractivity contribution in [3.63, 3.8) is 0 Å². The highest BCUT2D eigenvalue weighted by Gasteiger charge is 2.37. The van der Waals surface area contributed by atoms with Crippen LogP contribution in [0.2, 0.25) is 0 Å². The van der Waals surface area contributed by atoms with E-state index in [9.17, 15) is 4.79 Å². The molecular weight excluding hydrogens is 236 g/mol. The van der Waals surface area contributed by atoms with E-state index in [0.29, 0.717) is 0 Å². The van der Waals surface area contributed by atoms with E-state index in [1.807, 2.05) is 18.7 Å². The van der Waals surface area contributed by atoms with Crippen molar-refractivity contribution in [3.8, 4) is 0 Å². The van der Waals surface area contributed by atoms with Crippen molar-refractivity contribution in [1.82, 2.24) is 4.90 Å². The lowest BCUT2D eigenvalue weighted by molar-refractivity contribution is -0.132. The first kappa shape index (κ1) is 14.8. The molecule has 0 bridgehead atoms. The van der Waals surface area contributed by atoms with E-state index in [1.165, 1.54) is 25.7 Å². The molecule has 4 heteroatoms. The first-order valence-corrected chi connectivity index (χ1v) is 6.64. The molecule has 1 saturated heterocycles. The molecule has 3 atom stereocenters. The fourth-order valence-corrected chi connectivity index (χ4v) is 3.08. The summed E-state index contributed by atoms with van der Waals surface area (Å²) in [6.45, 7) is 5.96. The quantitative estimate of drug-likeness (QED) is 0.826. The highest BCUT2D eigenvalue weighted by Crippen LogP contribution is 2.36. The smallest absolute Gasteiger partial charge is 0.239 e. The predicted molar refractivity (Wildman–Crippen MR) is 72.1 cm³/mol. The predicted octanol–water partition coefficient (Wildman–Crippen LogP) is 2.04. The SMILES string of the molecule is CC(C)C(N)C(=O)N1CC2CCCCC2C1.Cl. The van der Waals surface area contributed by atoms with Crippen LogP contribution in [0.4, 0.5) is 0 Å². The van der Waals surface area contributed by atoms with E-state index in [0.717, 1.165) is 24.9 Å². The van der Waals surface area contributed by atoms with Gasteiger partial charge in [0.25, 0.3) is 0 Å². The highest BCUT2D eigenvalue weighted by molar-refractivity contribution is 5.85. The zero-order valence-electron chi connectivity index (χ0n) is 10.9. The minimum Gasteiger partial charge on any atom is -0.341 e. The number of hydrogen-bond acceptors (Lipinski definition) is 2. The van der Waals surface area contributed by atoms with Crippen LogP contribution in [0.15, 0.2) is 0 Å². The number of fused-ring (bicyclic) bond motifs is 1. The molecule has 2 aliphatic rings. The summed E-state index contributed by atoms with van der Waals surface area (Å²) >= 11 is 0. The first-order valence-electron chi connectivity index (χ1n) is 6.64. The Hall–Kier alpha value is -0.280. The third kappa shape index (κ3) is 3.14. The standard InChI is InChI=1S/C13H24N2O.ClH/c1-9(2)12(14)13(16)15-7-10-5-3-4-6-11(10)8-15;/h9-12H,3-8,14H2,1-2H3;1H. The lowest BCUT2D eigenvalue weighted by Gasteiger charge is -2.23. The van der Waals surface area contributed by atoms with Crippen LogP contribution < -0.4 is 5.73 Å². The molecule has 0 radical (unpaired) electrons. The lowest BCUT2D eigenvalue weighted by Crippen LogP contribution is -2.45. The van der Waals surface area contributed by atoms with Crippen molar-refractivity contribution in [3.05, 3.63) is 0 Å². The van der Waals surface area contributed by atoms with Gasteiger partial charge in [-0.05, 0) is 30.6 Å². The Labute approximate surface area is 111 Å². The number of amides is 1. The van der Waals surface area contributed by atoms with Crippen molar-refractivity contribution in [1.29, 1.82) is 0 Å². The van der Waals surface area contributed by atoms with Crippen molar-refractivity contribution in [2.45, 2.75) is 45.6 Å². The molecule has 1 heterocycles. The molecule has 1 aliphatic heterocycles. The van der Waals surface area contributed by atoms with Crippen molar-refractivity contribution >= 4 is 18.3 Å². The third-order valence-electron chi connectivity index (χ3n) is 4.29. The molecule has 1 saturated carbocycles. The van der Waals surface area contributed by atoms with Crippen molar-refractivity contribution in [2.24, 2.45) is 23.5 Å². The maximum absolute atomic E-state index is 12.1. The number of nitrogens with two attached hydrogens (primary N) is 1. The fraction of sp³-hybridized carbons (Fsp3) is 0.923. The Morgan fingerprint density at radius 2 is 1.65 bits per heavy atom. The van der Waals surface area contributed by atoms with E-state index in [1.54, 1.807) is 0 Å². The van der Waals surface area contributed by atoms with Crippen LogP contribution >= 0.6 is 12.4 Å². The second kappa shape index (κ2) is 6.05. The largest absolute Gasteiger partial charge is 0.341 e. The van der Waals surface area contributed by atoms with Crippen LogP contribution in [-0.4, -0.2) is 29.9 Å². The molecular formula is C13H25ClN2O. The number of carbonyl (C=O) groups excluding carboxylic acids is 1. The number of hydrogen-bond donors (Lipinski definition) is 1. The summed E-state index contributed by atoms with van der Waals surface area (Å²) in [7, 11) is 0. The number of halogens is 1. The molecule has 1 amide bonds. The molecule has 3 nitrogen and oxygen atoms in total. The van der Waals surface area contributed by atoms with Crippen LogP contribution in [0.25, 0.3) is 0 Å². The summed E-state index contributed by atoms with van der Waals surface area (Å²) in [5.74, 6) is 1.94. The van der Waals surface area contributed by atoms with Crippen LogP contribution in [0.5, 0.6) is 0 Å². The fourth-order valence-electron chi connectivity index (χ4n) is 3.08. The van der Waals surface area contributed by atoms with Crippen molar-refractivity contribution < 1.29 is 4.79 Å². The summed E-state index contributed by atoms with van der Waals surface area (Å²) in [6, 6.07) is -0.305. The lowest BCUT2D eigenvalue weighted by atomic mass is 9.82. The van der Waals surface area contributed by atoms with Crippen molar-refractivity contribution in [2.75, 3.05) is 13.1 Å². The number of nitrogens with zero attached hydrogens (tertiary/aromatic N) is 1. The number of rotatable bonds is 2. The van der Waals surface area contributed by atoms with E-state index < -0.39 is 0 Å². The zero-order chi connectivity index (χ0) is 11.7. The molecule has 2 N–H and O–H groups in total. The molecule has 0 aromatic carbocycles. The van der Waals surface area contributed by atoms with Gasteiger partial charge in [-0.1, -0.05) is 26.7 Å². The topological polar surface area (TPSA) is 46.3 Å². The van der Waals surface area contributed by atoms with E-state index in [-0.39, 0.29) is 30.3 Å². The molecule has 1 aliphatic carbocycles. The molecule has 0 spiro atoms. The Balaban J connectivity index is 0.00000144. The molecule has 100 valence electrons. The second-order valence-electron chi connectivity index (χ2n) is 5.82. The van der Waals surface area contributed by atoms with Gasteiger partial charge in [0.15, 0.2) is 0 Å². The number of likely N-dealkylation sites (tertiary alicyclic amines) is 1. The van der Waals surface area contributed by atoms with E-state index in [4.69, 9.17) is 5.73 Å².